The van der Waals surface area contributed by atoms with Crippen LogP contribution < -0.4 is 10.6 Å². The molecule has 1 saturated heterocycles. The maximum Gasteiger partial charge on any atom is 0.256 e. The molecule has 0 spiro atoms. The van der Waals surface area contributed by atoms with Crippen molar-refractivity contribution in [2.24, 2.45) is 0 Å². The Balaban J connectivity index is 1.29. The van der Waals surface area contributed by atoms with Gasteiger partial charge >= 0.3 is 0 Å². The number of hydrogen-bond acceptors (Lipinski definition) is 4. The highest BCUT2D eigenvalue weighted by atomic mass is 16.5. The normalized spacial score (nSPS) is 19.3. The number of carbonyl (C=O) groups is 2. The Kier molecular flexibility index (Phi) is 6.60. The zero-order valence-electron chi connectivity index (χ0n) is 19.0. The molecule has 7 nitrogen and oxygen atoms in total. The first-order valence-corrected chi connectivity index (χ1v) is 12.1. The monoisotopic (exact) mass is 448 g/mol. The lowest BCUT2D eigenvalue weighted by molar-refractivity contribution is -0.121. The average Bonchev–Trinajstić information content (AvgIpc) is 3.35. The third-order valence-electron chi connectivity index (χ3n) is 6.90. The Hall–Kier alpha value is -2.90. The number of nitrogens with one attached hydrogen (secondary N) is 3. The number of aromatic amines is 1. The number of amides is 2. The number of aryl methyl sites for hydroxylation is 1. The first kappa shape index (κ1) is 21.9. The number of morpholine rings is 1. The molecular formula is C26H32N4O3. The molecule has 3 heterocycles. The minimum absolute atomic E-state index is 0.0735. The van der Waals surface area contributed by atoms with Gasteiger partial charge in [0.2, 0.25) is 5.91 Å². The van der Waals surface area contributed by atoms with Gasteiger partial charge in [-0.3, -0.25) is 14.5 Å². The zero-order valence-corrected chi connectivity index (χ0v) is 19.0. The Labute approximate surface area is 194 Å². The van der Waals surface area contributed by atoms with E-state index in [0.717, 1.165) is 62.6 Å². The number of anilines is 1. The van der Waals surface area contributed by atoms with Gasteiger partial charge in [-0.05, 0) is 55.4 Å². The predicted octanol–water partition coefficient (Wildman–Crippen LogP) is 2.77. The summed E-state index contributed by atoms with van der Waals surface area (Å²) in [6.45, 7) is 4.93. The van der Waals surface area contributed by atoms with E-state index in [1.165, 1.54) is 29.7 Å². The number of benzene rings is 1. The van der Waals surface area contributed by atoms with Gasteiger partial charge in [0.05, 0.1) is 18.8 Å². The van der Waals surface area contributed by atoms with Crippen molar-refractivity contribution < 1.29 is 14.3 Å². The quantitative estimate of drug-likeness (QED) is 0.569. The van der Waals surface area contributed by atoms with E-state index in [2.05, 4.69) is 20.5 Å². The van der Waals surface area contributed by atoms with Crippen LogP contribution >= 0.6 is 0 Å². The molecule has 2 amide bonds. The maximum atomic E-state index is 12.6. The van der Waals surface area contributed by atoms with Crippen LogP contribution in [0.2, 0.25) is 0 Å². The van der Waals surface area contributed by atoms with E-state index in [9.17, 15) is 9.59 Å². The highest BCUT2D eigenvalue weighted by molar-refractivity contribution is 6.34. The SMILES string of the molecule is O=C(CCc1c(/C=C2\C(=O)Nc3ccccc32)[nH]c2c1CCCC2)NCCN1CCOCC1. The van der Waals surface area contributed by atoms with Crippen molar-refractivity contribution in [1.82, 2.24) is 15.2 Å². The van der Waals surface area contributed by atoms with Gasteiger partial charge in [0.1, 0.15) is 0 Å². The molecule has 0 saturated carbocycles. The highest BCUT2D eigenvalue weighted by Gasteiger charge is 2.26. The molecule has 33 heavy (non-hydrogen) atoms. The third kappa shape index (κ3) is 4.89. The summed E-state index contributed by atoms with van der Waals surface area (Å²) in [5.74, 6) is 0.00662. The first-order chi connectivity index (χ1) is 16.2. The number of carbonyl (C=O) groups excluding carboxylic acids is 2. The van der Waals surface area contributed by atoms with Gasteiger partial charge in [0.25, 0.3) is 5.91 Å². The van der Waals surface area contributed by atoms with Gasteiger partial charge < -0.3 is 20.4 Å². The van der Waals surface area contributed by atoms with Crippen LogP contribution in [0, 0.1) is 0 Å². The van der Waals surface area contributed by atoms with Gasteiger partial charge in [-0.2, -0.15) is 0 Å². The molecule has 1 fully saturated rings. The zero-order chi connectivity index (χ0) is 22.6. The number of aromatic nitrogens is 1. The Morgan fingerprint density at radius 1 is 1.15 bits per heavy atom. The van der Waals surface area contributed by atoms with Crippen LogP contribution in [0.3, 0.4) is 0 Å². The van der Waals surface area contributed by atoms with Crippen molar-refractivity contribution in [2.75, 3.05) is 44.7 Å². The van der Waals surface area contributed by atoms with Gasteiger partial charge in [-0.15, -0.1) is 0 Å². The number of H-pyrrole nitrogens is 1. The number of para-hydroxylation sites is 1. The lowest BCUT2D eigenvalue weighted by Gasteiger charge is -2.26. The summed E-state index contributed by atoms with van der Waals surface area (Å²) in [7, 11) is 0. The first-order valence-electron chi connectivity index (χ1n) is 12.1. The number of ether oxygens (including phenoxy) is 1. The molecule has 2 aliphatic heterocycles. The lowest BCUT2D eigenvalue weighted by Crippen LogP contribution is -2.41. The van der Waals surface area contributed by atoms with E-state index in [1.807, 2.05) is 30.3 Å². The molecule has 0 unspecified atom stereocenters. The second-order valence-corrected chi connectivity index (χ2v) is 9.04. The summed E-state index contributed by atoms with van der Waals surface area (Å²) in [6.07, 6.45) is 7.51. The maximum absolute atomic E-state index is 12.6. The van der Waals surface area contributed by atoms with Crippen LogP contribution in [0.25, 0.3) is 11.6 Å². The largest absolute Gasteiger partial charge is 0.379 e. The van der Waals surface area contributed by atoms with Crippen LogP contribution in [0.15, 0.2) is 24.3 Å². The standard InChI is InChI=1S/C26H32N4O3/c31-25(27-11-12-30-13-15-33-16-14-30)10-9-20-18-5-1-3-7-22(18)28-24(20)17-21-19-6-2-4-8-23(19)29-26(21)32/h2,4,6,8,17,28H,1,3,5,7,9-16H2,(H,27,31)(H,29,32)/b21-17-. The number of hydrogen-bond donors (Lipinski definition) is 3. The van der Waals surface area contributed by atoms with E-state index in [4.69, 9.17) is 4.74 Å². The molecule has 5 rings (SSSR count). The van der Waals surface area contributed by atoms with Crippen molar-refractivity contribution >= 4 is 29.2 Å². The molecule has 3 aliphatic rings. The van der Waals surface area contributed by atoms with Crippen molar-refractivity contribution in [3.05, 3.63) is 52.3 Å². The molecule has 1 aromatic heterocycles. The van der Waals surface area contributed by atoms with Crippen LogP contribution in [-0.4, -0.2) is 61.1 Å². The summed E-state index contributed by atoms with van der Waals surface area (Å²) in [5, 5.41) is 6.03. The van der Waals surface area contributed by atoms with Crippen molar-refractivity contribution in [3.8, 4) is 0 Å². The van der Waals surface area contributed by atoms with Crippen LogP contribution in [-0.2, 0) is 33.6 Å². The number of nitrogens with zero attached hydrogens (tertiary/aromatic N) is 1. The van der Waals surface area contributed by atoms with Crippen LogP contribution in [0.4, 0.5) is 5.69 Å². The van der Waals surface area contributed by atoms with E-state index >= 15 is 0 Å². The molecule has 3 N–H and O–H groups in total. The van der Waals surface area contributed by atoms with Crippen LogP contribution in [0.5, 0.6) is 0 Å². The minimum atomic E-state index is -0.0735. The van der Waals surface area contributed by atoms with Crippen molar-refractivity contribution in [2.45, 2.75) is 38.5 Å². The van der Waals surface area contributed by atoms with E-state index in [-0.39, 0.29) is 11.8 Å². The second-order valence-electron chi connectivity index (χ2n) is 9.04. The molecule has 1 aliphatic carbocycles. The second kappa shape index (κ2) is 9.93. The van der Waals surface area contributed by atoms with Gasteiger partial charge in [-0.25, -0.2) is 0 Å². The predicted molar refractivity (Wildman–Crippen MR) is 129 cm³/mol. The smallest absolute Gasteiger partial charge is 0.256 e. The molecule has 0 radical (unpaired) electrons. The van der Waals surface area contributed by atoms with E-state index < -0.39 is 0 Å². The summed E-state index contributed by atoms with van der Waals surface area (Å²) < 4.78 is 5.38. The fourth-order valence-electron chi connectivity index (χ4n) is 5.12. The molecule has 0 bridgehead atoms. The molecular weight excluding hydrogens is 416 g/mol. The van der Waals surface area contributed by atoms with Crippen molar-refractivity contribution in [3.63, 3.8) is 0 Å². The van der Waals surface area contributed by atoms with Gasteiger partial charge in [0, 0.05) is 55.2 Å². The molecule has 0 atom stereocenters. The van der Waals surface area contributed by atoms with Crippen molar-refractivity contribution in [1.29, 1.82) is 0 Å². The lowest BCUT2D eigenvalue weighted by atomic mass is 9.92. The highest BCUT2D eigenvalue weighted by Crippen LogP contribution is 2.35. The molecule has 2 aromatic rings. The number of fused-ring (bicyclic) bond motifs is 2. The molecule has 174 valence electrons. The van der Waals surface area contributed by atoms with Crippen LogP contribution in [0.1, 0.15) is 47.3 Å². The number of rotatable bonds is 7. The fraction of sp³-hybridized carbons (Fsp3) is 0.462. The summed E-state index contributed by atoms with van der Waals surface area (Å²) >= 11 is 0. The van der Waals surface area contributed by atoms with Gasteiger partial charge in [0.15, 0.2) is 0 Å². The topological polar surface area (TPSA) is 86.5 Å². The van der Waals surface area contributed by atoms with Gasteiger partial charge in [-0.1, -0.05) is 18.2 Å². The third-order valence-corrected chi connectivity index (χ3v) is 6.90. The van der Waals surface area contributed by atoms with E-state index in [0.29, 0.717) is 25.0 Å². The molecule has 7 heteroatoms. The Bertz CT molecular complexity index is 1070. The fourth-order valence-corrected chi connectivity index (χ4v) is 5.12. The Morgan fingerprint density at radius 3 is 2.85 bits per heavy atom. The molecule has 1 aromatic carbocycles. The van der Waals surface area contributed by atoms with E-state index in [1.54, 1.807) is 0 Å². The average molecular weight is 449 g/mol. The summed E-state index contributed by atoms with van der Waals surface area (Å²) in [6, 6.07) is 7.78. The Morgan fingerprint density at radius 2 is 1.97 bits per heavy atom. The minimum Gasteiger partial charge on any atom is -0.379 e. The summed E-state index contributed by atoms with van der Waals surface area (Å²) in [4.78, 5) is 31.1. The summed E-state index contributed by atoms with van der Waals surface area (Å²) in [5.41, 5.74) is 7.25.